The number of nitrogens with one attached hydrogen (secondary N) is 2. The Morgan fingerprint density at radius 2 is 1.90 bits per heavy atom. The standard InChI is InChI=1S/C14H17N5O/c1-10-13(17-18-16-10)14(20)15-11-4-6-12(7-5-11)19-8-2-3-9-19/h4-7H,2-3,8-9H2,1H3,(H,15,20)(H,16,17,18). The number of carbonyl (C=O) groups is 1. The molecule has 3 rings (SSSR count). The van der Waals surface area contributed by atoms with E-state index in [2.05, 4.69) is 25.6 Å². The summed E-state index contributed by atoms with van der Waals surface area (Å²) in [6.45, 7) is 3.97. The van der Waals surface area contributed by atoms with E-state index in [1.54, 1.807) is 6.92 Å². The molecule has 6 heteroatoms. The Balaban J connectivity index is 1.69. The van der Waals surface area contributed by atoms with E-state index in [0.717, 1.165) is 18.8 Å². The monoisotopic (exact) mass is 271 g/mol. The molecule has 1 aliphatic heterocycles. The van der Waals surface area contributed by atoms with Gasteiger partial charge in [-0.1, -0.05) is 0 Å². The number of aromatic nitrogens is 3. The number of nitrogens with zero attached hydrogens (tertiary/aromatic N) is 3. The predicted molar refractivity (Wildman–Crippen MR) is 77.0 cm³/mol. The molecule has 104 valence electrons. The van der Waals surface area contributed by atoms with Gasteiger partial charge in [-0.2, -0.15) is 15.4 Å². The number of anilines is 2. The van der Waals surface area contributed by atoms with Crippen LogP contribution in [0.3, 0.4) is 0 Å². The summed E-state index contributed by atoms with van der Waals surface area (Å²) in [6, 6.07) is 7.91. The molecule has 1 aliphatic rings. The zero-order valence-corrected chi connectivity index (χ0v) is 11.4. The van der Waals surface area contributed by atoms with Crippen LogP contribution in [0.15, 0.2) is 24.3 Å². The van der Waals surface area contributed by atoms with E-state index in [0.29, 0.717) is 11.4 Å². The molecule has 20 heavy (non-hydrogen) atoms. The summed E-state index contributed by atoms with van der Waals surface area (Å²) in [5.41, 5.74) is 2.89. The van der Waals surface area contributed by atoms with Crippen molar-refractivity contribution in [3.8, 4) is 0 Å². The summed E-state index contributed by atoms with van der Waals surface area (Å²) >= 11 is 0. The first-order valence-electron chi connectivity index (χ1n) is 6.78. The van der Waals surface area contributed by atoms with E-state index in [4.69, 9.17) is 0 Å². The number of carbonyl (C=O) groups excluding carboxylic acids is 1. The average Bonchev–Trinajstić information content (AvgIpc) is 3.10. The Bertz CT molecular complexity index is 598. The van der Waals surface area contributed by atoms with Gasteiger partial charge in [0.1, 0.15) is 0 Å². The highest BCUT2D eigenvalue weighted by atomic mass is 16.2. The molecule has 1 aromatic carbocycles. The van der Waals surface area contributed by atoms with Crippen molar-refractivity contribution in [2.24, 2.45) is 0 Å². The van der Waals surface area contributed by atoms with Gasteiger partial charge >= 0.3 is 0 Å². The molecule has 1 fully saturated rings. The lowest BCUT2D eigenvalue weighted by Crippen LogP contribution is -2.17. The van der Waals surface area contributed by atoms with Crippen molar-refractivity contribution in [1.82, 2.24) is 15.4 Å². The fourth-order valence-electron chi connectivity index (χ4n) is 2.42. The Morgan fingerprint density at radius 1 is 1.20 bits per heavy atom. The van der Waals surface area contributed by atoms with Gasteiger partial charge in [-0.05, 0) is 44.0 Å². The molecule has 2 aromatic rings. The van der Waals surface area contributed by atoms with Gasteiger partial charge in [0, 0.05) is 24.5 Å². The maximum atomic E-state index is 12.0. The Kier molecular flexibility index (Phi) is 3.37. The van der Waals surface area contributed by atoms with Gasteiger partial charge in [0.05, 0.1) is 5.69 Å². The third-order valence-corrected chi connectivity index (χ3v) is 3.53. The van der Waals surface area contributed by atoms with Crippen LogP contribution in [0.1, 0.15) is 29.0 Å². The van der Waals surface area contributed by atoms with Gasteiger partial charge in [0.2, 0.25) is 0 Å². The van der Waals surface area contributed by atoms with Crippen molar-refractivity contribution in [3.05, 3.63) is 35.7 Å². The Labute approximate surface area is 117 Å². The summed E-state index contributed by atoms with van der Waals surface area (Å²) in [7, 11) is 0. The lowest BCUT2D eigenvalue weighted by Gasteiger charge is -2.17. The highest BCUT2D eigenvalue weighted by molar-refractivity contribution is 6.03. The molecule has 0 unspecified atom stereocenters. The first-order valence-corrected chi connectivity index (χ1v) is 6.78. The van der Waals surface area contributed by atoms with Gasteiger partial charge in [0.15, 0.2) is 5.69 Å². The largest absolute Gasteiger partial charge is 0.372 e. The van der Waals surface area contributed by atoms with E-state index >= 15 is 0 Å². The molecule has 0 aliphatic carbocycles. The smallest absolute Gasteiger partial charge is 0.278 e. The molecule has 1 saturated heterocycles. The van der Waals surface area contributed by atoms with Crippen LogP contribution in [0.25, 0.3) is 0 Å². The van der Waals surface area contributed by atoms with Crippen LogP contribution in [0.4, 0.5) is 11.4 Å². The van der Waals surface area contributed by atoms with Crippen molar-refractivity contribution >= 4 is 17.3 Å². The normalized spacial score (nSPS) is 14.6. The number of amides is 1. The van der Waals surface area contributed by atoms with Gasteiger partial charge < -0.3 is 10.2 Å². The molecular formula is C14H17N5O. The van der Waals surface area contributed by atoms with Crippen LogP contribution in [-0.4, -0.2) is 34.4 Å². The molecule has 0 radical (unpaired) electrons. The number of benzene rings is 1. The summed E-state index contributed by atoms with van der Waals surface area (Å²) in [5.74, 6) is -0.245. The minimum atomic E-state index is -0.245. The van der Waals surface area contributed by atoms with Crippen LogP contribution in [-0.2, 0) is 0 Å². The van der Waals surface area contributed by atoms with Gasteiger partial charge in [-0.3, -0.25) is 4.79 Å². The lowest BCUT2D eigenvalue weighted by molar-refractivity contribution is 0.102. The molecule has 2 heterocycles. The molecule has 0 saturated carbocycles. The van der Waals surface area contributed by atoms with E-state index in [1.165, 1.54) is 18.5 Å². The van der Waals surface area contributed by atoms with Crippen molar-refractivity contribution < 1.29 is 4.79 Å². The maximum absolute atomic E-state index is 12.0. The lowest BCUT2D eigenvalue weighted by atomic mass is 10.2. The summed E-state index contributed by atoms with van der Waals surface area (Å²) in [5, 5.41) is 12.9. The second kappa shape index (κ2) is 5.32. The first-order chi connectivity index (χ1) is 9.74. The zero-order chi connectivity index (χ0) is 13.9. The predicted octanol–water partition coefficient (Wildman–Crippen LogP) is 1.97. The molecule has 0 atom stereocenters. The van der Waals surface area contributed by atoms with E-state index in [-0.39, 0.29) is 5.91 Å². The summed E-state index contributed by atoms with van der Waals surface area (Å²) < 4.78 is 0. The maximum Gasteiger partial charge on any atom is 0.278 e. The van der Waals surface area contributed by atoms with Crippen molar-refractivity contribution in [2.75, 3.05) is 23.3 Å². The van der Waals surface area contributed by atoms with E-state index in [1.807, 2.05) is 24.3 Å². The second-order valence-electron chi connectivity index (χ2n) is 4.95. The van der Waals surface area contributed by atoms with Crippen LogP contribution < -0.4 is 10.2 Å². The highest BCUT2D eigenvalue weighted by Crippen LogP contribution is 2.22. The number of rotatable bonds is 3. The molecule has 1 amide bonds. The van der Waals surface area contributed by atoms with Gasteiger partial charge in [-0.25, -0.2) is 0 Å². The molecule has 0 spiro atoms. The average molecular weight is 271 g/mol. The van der Waals surface area contributed by atoms with E-state index < -0.39 is 0 Å². The van der Waals surface area contributed by atoms with E-state index in [9.17, 15) is 4.79 Å². The van der Waals surface area contributed by atoms with Crippen LogP contribution >= 0.6 is 0 Å². The fraction of sp³-hybridized carbons (Fsp3) is 0.357. The quantitative estimate of drug-likeness (QED) is 0.895. The Morgan fingerprint density at radius 3 is 2.50 bits per heavy atom. The topological polar surface area (TPSA) is 73.9 Å². The first kappa shape index (κ1) is 12.7. The SMILES string of the molecule is Cc1n[nH]nc1C(=O)Nc1ccc(N2CCCC2)cc1. The molecular weight excluding hydrogens is 254 g/mol. The number of hydrogen-bond donors (Lipinski definition) is 2. The number of aryl methyl sites for hydroxylation is 1. The molecule has 1 aromatic heterocycles. The fourth-order valence-corrected chi connectivity index (χ4v) is 2.42. The van der Waals surface area contributed by atoms with Gasteiger partial charge in [-0.15, -0.1) is 0 Å². The highest BCUT2D eigenvalue weighted by Gasteiger charge is 2.14. The summed E-state index contributed by atoms with van der Waals surface area (Å²) in [6.07, 6.45) is 2.51. The van der Waals surface area contributed by atoms with Crippen LogP contribution in [0.2, 0.25) is 0 Å². The number of aromatic amines is 1. The molecule has 2 N–H and O–H groups in total. The molecule has 0 bridgehead atoms. The molecule has 6 nitrogen and oxygen atoms in total. The third kappa shape index (κ3) is 2.49. The third-order valence-electron chi connectivity index (χ3n) is 3.53. The zero-order valence-electron chi connectivity index (χ0n) is 11.4. The van der Waals surface area contributed by atoms with Crippen molar-refractivity contribution in [3.63, 3.8) is 0 Å². The van der Waals surface area contributed by atoms with Crippen LogP contribution in [0, 0.1) is 6.92 Å². The minimum Gasteiger partial charge on any atom is -0.372 e. The van der Waals surface area contributed by atoms with Gasteiger partial charge in [0.25, 0.3) is 5.91 Å². The number of hydrogen-bond acceptors (Lipinski definition) is 4. The van der Waals surface area contributed by atoms with Crippen molar-refractivity contribution in [1.29, 1.82) is 0 Å². The minimum absolute atomic E-state index is 0.245. The summed E-state index contributed by atoms with van der Waals surface area (Å²) in [4.78, 5) is 14.3. The van der Waals surface area contributed by atoms with Crippen LogP contribution in [0.5, 0.6) is 0 Å². The second-order valence-corrected chi connectivity index (χ2v) is 4.95. The Hall–Kier alpha value is -2.37. The number of H-pyrrole nitrogens is 1. The van der Waals surface area contributed by atoms with Crippen molar-refractivity contribution in [2.45, 2.75) is 19.8 Å².